The van der Waals surface area contributed by atoms with Gasteiger partial charge < -0.3 is 0 Å². The SMILES string of the molecule is CCCn1nnc(C#N)c1CC(C)C. The zero-order valence-corrected chi connectivity index (χ0v) is 8.99. The predicted octanol–water partition coefficient (Wildman–Crippen LogP) is 1.76. The summed E-state index contributed by atoms with van der Waals surface area (Å²) in [6.45, 7) is 7.19. The van der Waals surface area contributed by atoms with Gasteiger partial charge in [0.05, 0.1) is 5.69 Å². The van der Waals surface area contributed by atoms with Gasteiger partial charge in [-0.2, -0.15) is 5.26 Å². The zero-order valence-electron chi connectivity index (χ0n) is 8.99. The molecule has 0 spiro atoms. The summed E-state index contributed by atoms with van der Waals surface area (Å²) >= 11 is 0. The lowest BCUT2D eigenvalue weighted by molar-refractivity contribution is 0.526. The number of nitriles is 1. The van der Waals surface area contributed by atoms with Crippen LogP contribution in [0.5, 0.6) is 0 Å². The van der Waals surface area contributed by atoms with E-state index in [9.17, 15) is 0 Å². The van der Waals surface area contributed by atoms with Crippen molar-refractivity contribution in [3.63, 3.8) is 0 Å². The van der Waals surface area contributed by atoms with Gasteiger partial charge in [-0.25, -0.2) is 4.68 Å². The molecule has 14 heavy (non-hydrogen) atoms. The molecule has 0 aromatic carbocycles. The number of hydrogen-bond acceptors (Lipinski definition) is 3. The standard InChI is InChI=1S/C10H16N4/c1-4-5-14-10(6-8(2)3)9(7-11)12-13-14/h8H,4-6H2,1-3H3. The van der Waals surface area contributed by atoms with Gasteiger partial charge in [0.2, 0.25) is 0 Å². The third-order valence-corrected chi connectivity index (χ3v) is 1.98. The summed E-state index contributed by atoms with van der Waals surface area (Å²) in [7, 11) is 0. The molecular formula is C10H16N4. The lowest BCUT2D eigenvalue weighted by Gasteiger charge is -2.06. The molecule has 0 saturated heterocycles. The highest BCUT2D eigenvalue weighted by Crippen LogP contribution is 2.11. The molecule has 1 heterocycles. The van der Waals surface area contributed by atoms with Crippen LogP contribution in [0.1, 0.15) is 38.6 Å². The van der Waals surface area contributed by atoms with E-state index in [0.29, 0.717) is 11.6 Å². The van der Waals surface area contributed by atoms with E-state index in [-0.39, 0.29) is 0 Å². The van der Waals surface area contributed by atoms with Crippen molar-refractivity contribution in [3.05, 3.63) is 11.4 Å². The molecule has 4 heteroatoms. The molecule has 0 radical (unpaired) electrons. The number of aromatic nitrogens is 3. The molecule has 0 unspecified atom stereocenters. The molecule has 0 aliphatic carbocycles. The average molecular weight is 192 g/mol. The molecule has 0 aliphatic heterocycles. The quantitative estimate of drug-likeness (QED) is 0.730. The summed E-state index contributed by atoms with van der Waals surface area (Å²) in [5, 5.41) is 16.7. The minimum Gasteiger partial charge on any atom is -0.248 e. The monoisotopic (exact) mass is 192 g/mol. The van der Waals surface area contributed by atoms with Crippen LogP contribution in [0.15, 0.2) is 0 Å². The molecule has 0 aliphatic rings. The zero-order chi connectivity index (χ0) is 10.6. The maximum atomic E-state index is 8.85. The highest BCUT2D eigenvalue weighted by atomic mass is 15.4. The topological polar surface area (TPSA) is 54.5 Å². The Morgan fingerprint density at radius 1 is 1.50 bits per heavy atom. The van der Waals surface area contributed by atoms with Crippen molar-refractivity contribution < 1.29 is 0 Å². The molecule has 0 saturated carbocycles. The van der Waals surface area contributed by atoms with E-state index >= 15 is 0 Å². The first-order valence-electron chi connectivity index (χ1n) is 5.01. The van der Waals surface area contributed by atoms with Gasteiger partial charge in [0.25, 0.3) is 0 Å². The van der Waals surface area contributed by atoms with Crippen LogP contribution in [0.25, 0.3) is 0 Å². The summed E-state index contributed by atoms with van der Waals surface area (Å²) in [5.74, 6) is 0.524. The highest BCUT2D eigenvalue weighted by Gasteiger charge is 2.12. The van der Waals surface area contributed by atoms with Gasteiger partial charge in [-0.15, -0.1) is 5.10 Å². The van der Waals surface area contributed by atoms with Crippen molar-refractivity contribution in [3.8, 4) is 6.07 Å². The molecule has 0 bridgehead atoms. The first-order chi connectivity index (χ1) is 6.69. The number of nitrogens with zero attached hydrogens (tertiary/aromatic N) is 4. The minimum atomic E-state index is 0.479. The second kappa shape index (κ2) is 4.75. The Morgan fingerprint density at radius 2 is 2.21 bits per heavy atom. The Hall–Kier alpha value is -1.37. The third kappa shape index (κ3) is 2.32. The van der Waals surface area contributed by atoms with E-state index in [1.54, 1.807) is 0 Å². The Morgan fingerprint density at radius 3 is 2.71 bits per heavy atom. The van der Waals surface area contributed by atoms with E-state index in [2.05, 4.69) is 37.2 Å². The van der Waals surface area contributed by atoms with Crippen LogP contribution in [0.2, 0.25) is 0 Å². The third-order valence-electron chi connectivity index (χ3n) is 1.98. The molecule has 0 N–H and O–H groups in total. The van der Waals surface area contributed by atoms with Crippen LogP contribution in [0, 0.1) is 17.2 Å². The van der Waals surface area contributed by atoms with Crippen LogP contribution in [-0.4, -0.2) is 15.0 Å². The van der Waals surface area contributed by atoms with Crippen molar-refractivity contribution in [1.82, 2.24) is 15.0 Å². The van der Waals surface area contributed by atoms with Crippen molar-refractivity contribution in [2.75, 3.05) is 0 Å². The maximum absolute atomic E-state index is 8.85. The van der Waals surface area contributed by atoms with Crippen LogP contribution in [0.3, 0.4) is 0 Å². The van der Waals surface area contributed by atoms with E-state index in [4.69, 9.17) is 5.26 Å². The molecule has 0 atom stereocenters. The van der Waals surface area contributed by atoms with Crippen LogP contribution < -0.4 is 0 Å². The summed E-state index contributed by atoms with van der Waals surface area (Å²) < 4.78 is 1.85. The molecule has 1 aromatic rings. The van der Waals surface area contributed by atoms with Gasteiger partial charge in [-0.1, -0.05) is 26.0 Å². The van der Waals surface area contributed by atoms with E-state index in [1.807, 2.05) is 4.68 Å². The van der Waals surface area contributed by atoms with E-state index in [0.717, 1.165) is 25.1 Å². The van der Waals surface area contributed by atoms with Gasteiger partial charge in [0, 0.05) is 6.54 Å². The van der Waals surface area contributed by atoms with Gasteiger partial charge in [0.15, 0.2) is 5.69 Å². The molecule has 0 amide bonds. The second-order valence-electron chi connectivity index (χ2n) is 3.82. The van der Waals surface area contributed by atoms with E-state index in [1.165, 1.54) is 0 Å². The Bertz CT molecular complexity index is 332. The number of rotatable bonds is 4. The Kier molecular flexibility index (Phi) is 3.63. The maximum Gasteiger partial charge on any atom is 0.185 e. The highest BCUT2D eigenvalue weighted by molar-refractivity contribution is 5.24. The van der Waals surface area contributed by atoms with Crippen molar-refractivity contribution in [2.45, 2.75) is 40.2 Å². The average Bonchev–Trinajstić information content (AvgIpc) is 2.48. The van der Waals surface area contributed by atoms with Gasteiger partial charge in [-0.3, -0.25) is 0 Å². The molecule has 1 rings (SSSR count). The number of hydrogen-bond donors (Lipinski definition) is 0. The van der Waals surface area contributed by atoms with E-state index < -0.39 is 0 Å². The van der Waals surface area contributed by atoms with Gasteiger partial charge in [-0.05, 0) is 18.8 Å². The fourth-order valence-corrected chi connectivity index (χ4v) is 1.40. The molecule has 76 valence electrons. The lowest BCUT2D eigenvalue weighted by Crippen LogP contribution is -2.08. The van der Waals surface area contributed by atoms with Crippen molar-refractivity contribution in [1.29, 1.82) is 5.26 Å². The smallest absolute Gasteiger partial charge is 0.185 e. The van der Waals surface area contributed by atoms with Crippen molar-refractivity contribution >= 4 is 0 Å². The Balaban J connectivity index is 2.95. The summed E-state index contributed by atoms with van der Waals surface area (Å²) in [6.07, 6.45) is 1.88. The molecule has 1 aromatic heterocycles. The normalized spacial score (nSPS) is 10.5. The summed E-state index contributed by atoms with van der Waals surface area (Å²) in [6, 6.07) is 2.09. The fraction of sp³-hybridized carbons (Fsp3) is 0.700. The molecular weight excluding hydrogens is 176 g/mol. The minimum absolute atomic E-state index is 0.479. The second-order valence-corrected chi connectivity index (χ2v) is 3.82. The summed E-state index contributed by atoms with van der Waals surface area (Å²) in [5.41, 5.74) is 1.46. The van der Waals surface area contributed by atoms with Crippen LogP contribution in [0.4, 0.5) is 0 Å². The lowest BCUT2D eigenvalue weighted by atomic mass is 10.1. The fourth-order valence-electron chi connectivity index (χ4n) is 1.40. The molecule has 4 nitrogen and oxygen atoms in total. The van der Waals surface area contributed by atoms with Gasteiger partial charge >= 0.3 is 0 Å². The first-order valence-corrected chi connectivity index (χ1v) is 5.01. The Labute approximate surface area is 84.5 Å². The first kappa shape index (κ1) is 10.7. The van der Waals surface area contributed by atoms with Crippen LogP contribution >= 0.6 is 0 Å². The molecule has 0 fully saturated rings. The number of aryl methyl sites for hydroxylation is 1. The summed E-state index contributed by atoms with van der Waals surface area (Å²) in [4.78, 5) is 0. The van der Waals surface area contributed by atoms with Gasteiger partial charge in [0.1, 0.15) is 6.07 Å². The largest absolute Gasteiger partial charge is 0.248 e. The van der Waals surface area contributed by atoms with Crippen LogP contribution in [-0.2, 0) is 13.0 Å². The van der Waals surface area contributed by atoms with Crippen molar-refractivity contribution in [2.24, 2.45) is 5.92 Å². The predicted molar refractivity (Wildman–Crippen MR) is 53.6 cm³/mol.